The molecule has 0 aliphatic heterocycles. The summed E-state index contributed by atoms with van der Waals surface area (Å²) in [5.41, 5.74) is 2.18. The lowest BCUT2D eigenvalue weighted by atomic mass is 10.1. The van der Waals surface area contributed by atoms with E-state index in [0.717, 1.165) is 18.5 Å². The molecule has 1 atom stereocenters. The van der Waals surface area contributed by atoms with Crippen LogP contribution in [-0.4, -0.2) is 28.8 Å². The number of benzene rings is 1. The summed E-state index contributed by atoms with van der Waals surface area (Å²) in [4.78, 5) is 10.5. The van der Waals surface area contributed by atoms with Gasteiger partial charge >= 0.3 is 5.97 Å². The first-order valence-corrected chi connectivity index (χ1v) is 6.30. The molecule has 100 valence electrons. The Bertz CT molecular complexity index is 379. The van der Waals surface area contributed by atoms with Crippen LogP contribution < -0.4 is 5.32 Å². The minimum atomic E-state index is -0.764. The first-order valence-electron chi connectivity index (χ1n) is 6.30. The molecule has 1 aromatic carbocycles. The highest BCUT2D eigenvalue weighted by Crippen LogP contribution is 2.14. The number of aryl methyl sites for hydroxylation is 1. The topological polar surface area (TPSA) is 69.6 Å². The van der Waals surface area contributed by atoms with Gasteiger partial charge in [-0.25, -0.2) is 0 Å². The van der Waals surface area contributed by atoms with Crippen LogP contribution in [0.15, 0.2) is 24.3 Å². The van der Waals surface area contributed by atoms with Gasteiger partial charge in [-0.05, 0) is 43.9 Å². The zero-order valence-corrected chi connectivity index (χ0v) is 10.7. The second-order valence-corrected chi connectivity index (χ2v) is 4.51. The monoisotopic (exact) mass is 251 g/mol. The Labute approximate surface area is 108 Å². The molecule has 0 amide bonds. The number of anilines is 1. The van der Waals surface area contributed by atoms with E-state index in [0.29, 0.717) is 6.42 Å². The Balaban J connectivity index is 2.47. The van der Waals surface area contributed by atoms with Crippen molar-refractivity contribution in [2.24, 2.45) is 0 Å². The van der Waals surface area contributed by atoms with E-state index in [2.05, 4.69) is 5.32 Å². The SMILES string of the molecule is CC(CCC(=O)O)Nc1cccc(CCCO)c1. The number of aliphatic hydroxyl groups is 1. The Hall–Kier alpha value is -1.55. The van der Waals surface area contributed by atoms with E-state index in [4.69, 9.17) is 10.2 Å². The van der Waals surface area contributed by atoms with Crippen molar-refractivity contribution in [3.05, 3.63) is 29.8 Å². The maximum absolute atomic E-state index is 10.5. The summed E-state index contributed by atoms with van der Waals surface area (Å²) in [5.74, 6) is -0.764. The third-order valence-corrected chi connectivity index (χ3v) is 2.75. The van der Waals surface area contributed by atoms with Gasteiger partial charge in [0.2, 0.25) is 0 Å². The van der Waals surface area contributed by atoms with Crippen molar-refractivity contribution in [2.45, 2.75) is 38.6 Å². The number of carboxylic acid groups (broad SMARTS) is 1. The summed E-state index contributed by atoms with van der Waals surface area (Å²) >= 11 is 0. The van der Waals surface area contributed by atoms with E-state index in [1.165, 1.54) is 5.56 Å². The van der Waals surface area contributed by atoms with E-state index in [-0.39, 0.29) is 19.1 Å². The molecule has 4 heteroatoms. The van der Waals surface area contributed by atoms with Gasteiger partial charge in [-0.15, -0.1) is 0 Å². The van der Waals surface area contributed by atoms with Crippen LogP contribution in [0.2, 0.25) is 0 Å². The van der Waals surface area contributed by atoms with Gasteiger partial charge in [0.05, 0.1) is 0 Å². The third-order valence-electron chi connectivity index (χ3n) is 2.75. The molecular formula is C14H21NO3. The van der Waals surface area contributed by atoms with Crippen LogP contribution in [0.5, 0.6) is 0 Å². The normalized spacial score (nSPS) is 12.1. The fourth-order valence-corrected chi connectivity index (χ4v) is 1.80. The number of rotatable bonds is 8. The van der Waals surface area contributed by atoms with Gasteiger partial charge in [-0.3, -0.25) is 4.79 Å². The standard InChI is InChI=1S/C14H21NO3/c1-11(7-8-14(17)18)15-13-6-2-4-12(10-13)5-3-9-16/h2,4,6,10-11,15-16H,3,5,7-9H2,1H3,(H,17,18). The minimum absolute atomic E-state index is 0.134. The van der Waals surface area contributed by atoms with Crippen LogP contribution in [0.25, 0.3) is 0 Å². The van der Waals surface area contributed by atoms with E-state index in [1.807, 2.05) is 31.2 Å². The Morgan fingerprint density at radius 1 is 1.44 bits per heavy atom. The molecular weight excluding hydrogens is 230 g/mol. The molecule has 0 aliphatic carbocycles. The van der Waals surface area contributed by atoms with Crippen molar-refractivity contribution in [2.75, 3.05) is 11.9 Å². The van der Waals surface area contributed by atoms with Gasteiger partial charge in [-0.2, -0.15) is 0 Å². The van der Waals surface area contributed by atoms with Gasteiger partial charge < -0.3 is 15.5 Å². The van der Waals surface area contributed by atoms with Crippen LogP contribution in [0.4, 0.5) is 5.69 Å². The lowest BCUT2D eigenvalue weighted by Gasteiger charge is -2.15. The smallest absolute Gasteiger partial charge is 0.303 e. The molecule has 18 heavy (non-hydrogen) atoms. The van der Waals surface area contributed by atoms with E-state index < -0.39 is 5.97 Å². The Morgan fingerprint density at radius 3 is 2.89 bits per heavy atom. The van der Waals surface area contributed by atoms with Gasteiger partial charge in [0.15, 0.2) is 0 Å². The molecule has 4 nitrogen and oxygen atoms in total. The van der Waals surface area contributed by atoms with Crippen molar-refractivity contribution in [3.8, 4) is 0 Å². The van der Waals surface area contributed by atoms with Gasteiger partial charge in [0.1, 0.15) is 0 Å². The number of aliphatic hydroxyl groups excluding tert-OH is 1. The molecule has 0 aliphatic rings. The lowest BCUT2D eigenvalue weighted by Crippen LogP contribution is -2.16. The molecule has 0 radical (unpaired) electrons. The molecule has 0 heterocycles. The first kappa shape index (κ1) is 14.5. The Morgan fingerprint density at radius 2 is 2.22 bits per heavy atom. The highest BCUT2D eigenvalue weighted by Gasteiger charge is 2.05. The molecule has 1 unspecified atom stereocenters. The molecule has 1 aromatic rings. The van der Waals surface area contributed by atoms with Crippen molar-refractivity contribution in [1.82, 2.24) is 0 Å². The summed E-state index contributed by atoms with van der Waals surface area (Å²) in [7, 11) is 0. The average Bonchev–Trinajstić information content (AvgIpc) is 2.34. The van der Waals surface area contributed by atoms with Crippen LogP contribution in [-0.2, 0) is 11.2 Å². The first-order chi connectivity index (χ1) is 8.61. The molecule has 0 bridgehead atoms. The second kappa shape index (κ2) is 7.71. The number of hydrogen-bond donors (Lipinski definition) is 3. The molecule has 0 spiro atoms. The predicted octanol–water partition coefficient (Wildman–Crippen LogP) is 2.28. The summed E-state index contributed by atoms with van der Waals surface area (Å²) in [6.45, 7) is 2.18. The maximum Gasteiger partial charge on any atom is 0.303 e. The summed E-state index contributed by atoms with van der Waals surface area (Å²) in [6.07, 6.45) is 2.40. The number of nitrogens with one attached hydrogen (secondary N) is 1. The zero-order valence-electron chi connectivity index (χ0n) is 10.7. The Kier molecular flexibility index (Phi) is 6.22. The third kappa shape index (κ3) is 5.68. The number of carbonyl (C=O) groups is 1. The summed E-state index contributed by atoms with van der Waals surface area (Å²) in [6, 6.07) is 8.16. The quantitative estimate of drug-likeness (QED) is 0.663. The van der Waals surface area contributed by atoms with Gasteiger partial charge in [-0.1, -0.05) is 12.1 Å². The van der Waals surface area contributed by atoms with Crippen LogP contribution in [0, 0.1) is 0 Å². The lowest BCUT2D eigenvalue weighted by molar-refractivity contribution is -0.137. The van der Waals surface area contributed by atoms with Crippen molar-refractivity contribution in [3.63, 3.8) is 0 Å². The molecule has 0 saturated heterocycles. The zero-order chi connectivity index (χ0) is 13.4. The summed E-state index contributed by atoms with van der Waals surface area (Å²) in [5, 5.41) is 20.7. The van der Waals surface area contributed by atoms with E-state index >= 15 is 0 Å². The highest BCUT2D eigenvalue weighted by molar-refractivity contribution is 5.66. The molecule has 1 rings (SSSR count). The highest BCUT2D eigenvalue weighted by atomic mass is 16.4. The van der Waals surface area contributed by atoms with Gasteiger partial charge in [0, 0.05) is 24.8 Å². The maximum atomic E-state index is 10.5. The fraction of sp³-hybridized carbons (Fsp3) is 0.500. The number of carboxylic acids is 1. The fourth-order valence-electron chi connectivity index (χ4n) is 1.80. The van der Waals surface area contributed by atoms with E-state index in [1.54, 1.807) is 0 Å². The number of aliphatic carboxylic acids is 1. The summed E-state index contributed by atoms with van der Waals surface area (Å²) < 4.78 is 0. The average molecular weight is 251 g/mol. The van der Waals surface area contributed by atoms with Crippen molar-refractivity contribution < 1.29 is 15.0 Å². The molecule has 0 fully saturated rings. The number of hydrogen-bond acceptors (Lipinski definition) is 3. The molecule has 3 N–H and O–H groups in total. The van der Waals surface area contributed by atoms with Crippen LogP contribution in [0.3, 0.4) is 0 Å². The predicted molar refractivity (Wildman–Crippen MR) is 71.8 cm³/mol. The van der Waals surface area contributed by atoms with E-state index in [9.17, 15) is 4.79 Å². The van der Waals surface area contributed by atoms with Gasteiger partial charge in [0.25, 0.3) is 0 Å². The molecule has 0 aromatic heterocycles. The second-order valence-electron chi connectivity index (χ2n) is 4.51. The van der Waals surface area contributed by atoms with Crippen LogP contribution in [0.1, 0.15) is 31.7 Å². The minimum Gasteiger partial charge on any atom is -0.481 e. The molecule has 0 saturated carbocycles. The van der Waals surface area contributed by atoms with Crippen LogP contribution >= 0.6 is 0 Å². The van der Waals surface area contributed by atoms with Crippen molar-refractivity contribution >= 4 is 11.7 Å². The largest absolute Gasteiger partial charge is 0.481 e. The van der Waals surface area contributed by atoms with Crippen molar-refractivity contribution in [1.29, 1.82) is 0 Å².